The van der Waals surface area contributed by atoms with Crippen LogP contribution in [0.25, 0.3) is 11.1 Å². The largest absolute Gasteiger partial charge is 0.138 e. The van der Waals surface area contributed by atoms with Crippen LogP contribution in [0.15, 0.2) is 60.7 Å². The average Bonchev–Trinajstić information content (AvgIpc) is 2.83. The highest BCUT2D eigenvalue weighted by atomic mass is 31.0. The molecule has 0 N–H and O–H groups in total. The molecular weight excluding hydrogens is 391 g/mol. The van der Waals surface area contributed by atoms with Crippen LogP contribution in [0.2, 0.25) is 0 Å². The van der Waals surface area contributed by atoms with E-state index in [9.17, 15) is 0 Å². The lowest BCUT2D eigenvalue weighted by molar-refractivity contribution is 0.531. The Hall–Kier alpha value is -1.13. The van der Waals surface area contributed by atoms with Gasteiger partial charge in [-0.3, -0.25) is 0 Å². The molecule has 0 aromatic heterocycles. The van der Waals surface area contributed by atoms with Gasteiger partial charge in [0.15, 0.2) is 0 Å². The molecule has 2 rings (SSSR count). The summed E-state index contributed by atoms with van der Waals surface area (Å²) in [6.45, 7) is 2.29. The Morgan fingerprint density at radius 2 is 0.710 bits per heavy atom. The molecular formula is C30H49P. The van der Waals surface area contributed by atoms with Crippen molar-refractivity contribution in [1.82, 2.24) is 0 Å². The van der Waals surface area contributed by atoms with Crippen LogP contribution in [-0.2, 0) is 0 Å². The van der Waals surface area contributed by atoms with Crippen molar-refractivity contribution < 1.29 is 0 Å². The third-order valence-electron chi connectivity index (χ3n) is 5.94. The van der Waals surface area contributed by atoms with Crippen molar-refractivity contribution in [3.63, 3.8) is 0 Å². The molecule has 2 aromatic rings. The van der Waals surface area contributed by atoms with Gasteiger partial charge in [-0.15, -0.1) is 9.24 Å². The summed E-state index contributed by atoms with van der Waals surface area (Å²) in [4.78, 5) is 0. The second-order valence-corrected chi connectivity index (χ2v) is 9.40. The highest BCUT2D eigenvalue weighted by Crippen LogP contribution is 2.17. The Morgan fingerprint density at radius 1 is 0.419 bits per heavy atom. The standard InChI is InChI=1S/C18H39P.C12H10/c1-2-3-4-5-6-7-8-9-10-11-12-13-14-15-16-17-18-19;1-3-7-11(8-4-1)12-9-5-2-6-10-12/h2-19H2,1H3;1-10H. The Kier molecular flexibility index (Phi) is 19.9. The number of unbranched alkanes of at least 4 members (excludes halogenated alkanes) is 15. The second-order valence-electron chi connectivity index (χ2n) is 8.82. The van der Waals surface area contributed by atoms with Gasteiger partial charge in [0.05, 0.1) is 0 Å². The fraction of sp³-hybridized carbons (Fsp3) is 0.600. The van der Waals surface area contributed by atoms with Gasteiger partial charge in [0.25, 0.3) is 0 Å². The predicted octanol–water partition coefficient (Wildman–Crippen LogP) is 10.5. The minimum absolute atomic E-state index is 1.28. The van der Waals surface area contributed by atoms with Gasteiger partial charge in [-0.25, -0.2) is 0 Å². The first-order valence-electron chi connectivity index (χ1n) is 13.2. The van der Waals surface area contributed by atoms with E-state index in [1.54, 1.807) is 0 Å². The van der Waals surface area contributed by atoms with Crippen molar-refractivity contribution in [2.24, 2.45) is 0 Å². The Bertz CT molecular complexity index is 524. The van der Waals surface area contributed by atoms with Crippen molar-refractivity contribution in [3.05, 3.63) is 60.7 Å². The van der Waals surface area contributed by atoms with Crippen molar-refractivity contribution >= 4 is 9.24 Å². The zero-order valence-electron chi connectivity index (χ0n) is 20.4. The summed E-state index contributed by atoms with van der Waals surface area (Å²) in [6, 6.07) is 20.8. The van der Waals surface area contributed by atoms with E-state index in [1.165, 1.54) is 120 Å². The molecule has 0 aliphatic carbocycles. The summed E-state index contributed by atoms with van der Waals surface area (Å²) < 4.78 is 0. The molecule has 31 heavy (non-hydrogen) atoms. The lowest BCUT2D eigenvalue weighted by Crippen LogP contribution is -1.83. The van der Waals surface area contributed by atoms with Gasteiger partial charge in [-0.2, -0.15) is 0 Å². The van der Waals surface area contributed by atoms with Crippen molar-refractivity contribution in [2.45, 2.75) is 110 Å². The van der Waals surface area contributed by atoms with Crippen LogP contribution in [0.3, 0.4) is 0 Å². The Balaban J connectivity index is 0.000000339. The summed E-state index contributed by atoms with van der Waals surface area (Å²) in [5.41, 5.74) is 2.55. The smallest absolute Gasteiger partial charge is 0.0184 e. The predicted molar refractivity (Wildman–Crippen MR) is 146 cm³/mol. The molecule has 2 aromatic carbocycles. The van der Waals surface area contributed by atoms with E-state index in [0.717, 1.165) is 0 Å². The van der Waals surface area contributed by atoms with Gasteiger partial charge in [-0.1, -0.05) is 164 Å². The number of hydrogen-bond donors (Lipinski definition) is 0. The molecule has 0 bridgehead atoms. The van der Waals surface area contributed by atoms with Gasteiger partial charge in [-0.05, 0) is 23.7 Å². The van der Waals surface area contributed by atoms with Crippen LogP contribution < -0.4 is 0 Å². The van der Waals surface area contributed by atoms with Crippen molar-refractivity contribution in [3.8, 4) is 11.1 Å². The summed E-state index contributed by atoms with van der Waals surface area (Å²) >= 11 is 0. The minimum atomic E-state index is 1.28. The molecule has 0 saturated carbocycles. The number of rotatable bonds is 17. The molecule has 174 valence electrons. The van der Waals surface area contributed by atoms with Crippen molar-refractivity contribution in [2.75, 3.05) is 6.16 Å². The molecule has 0 fully saturated rings. The molecule has 0 heterocycles. The third-order valence-corrected chi connectivity index (χ3v) is 6.35. The first kappa shape index (κ1) is 27.9. The van der Waals surface area contributed by atoms with E-state index >= 15 is 0 Å². The average molecular weight is 441 g/mol. The molecule has 0 spiro atoms. The number of hydrogen-bond acceptors (Lipinski definition) is 0. The quantitative estimate of drug-likeness (QED) is 0.169. The molecule has 1 atom stereocenters. The van der Waals surface area contributed by atoms with Crippen LogP contribution in [0.4, 0.5) is 0 Å². The highest BCUT2D eigenvalue weighted by Gasteiger charge is 1.94. The SMILES string of the molecule is CCCCCCCCCCCCCCCCCCP.c1ccc(-c2ccccc2)cc1. The Morgan fingerprint density at radius 3 is 1.00 bits per heavy atom. The van der Waals surface area contributed by atoms with Crippen LogP contribution in [0.1, 0.15) is 110 Å². The maximum atomic E-state index is 2.83. The van der Waals surface area contributed by atoms with Crippen LogP contribution in [0.5, 0.6) is 0 Å². The van der Waals surface area contributed by atoms with Crippen LogP contribution in [-0.4, -0.2) is 6.16 Å². The lowest BCUT2D eigenvalue weighted by Gasteiger charge is -2.03. The summed E-state index contributed by atoms with van der Waals surface area (Å²) in [5.74, 6) is 0. The van der Waals surface area contributed by atoms with E-state index in [1.807, 2.05) is 12.1 Å². The zero-order valence-corrected chi connectivity index (χ0v) is 21.5. The van der Waals surface area contributed by atoms with E-state index in [2.05, 4.69) is 64.7 Å². The van der Waals surface area contributed by atoms with Crippen LogP contribution in [0, 0.1) is 0 Å². The molecule has 0 saturated heterocycles. The van der Waals surface area contributed by atoms with Crippen LogP contribution >= 0.6 is 9.24 Å². The van der Waals surface area contributed by atoms with Gasteiger partial charge in [0.2, 0.25) is 0 Å². The van der Waals surface area contributed by atoms with Gasteiger partial charge in [0.1, 0.15) is 0 Å². The monoisotopic (exact) mass is 440 g/mol. The molecule has 1 heteroatoms. The number of benzene rings is 2. The first-order chi connectivity index (χ1) is 15.4. The minimum Gasteiger partial charge on any atom is -0.138 e. The topological polar surface area (TPSA) is 0 Å². The van der Waals surface area contributed by atoms with Crippen molar-refractivity contribution in [1.29, 1.82) is 0 Å². The molecule has 0 aliphatic heterocycles. The van der Waals surface area contributed by atoms with E-state index in [4.69, 9.17) is 0 Å². The Labute approximate surface area is 196 Å². The maximum Gasteiger partial charge on any atom is -0.0184 e. The fourth-order valence-corrected chi connectivity index (χ4v) is 4.24. The lowest BCUT2D eigenvalue weighted by atomic mass is 10.0. The fourth-order valence-electron chi connectivity index (χ4n) is 3.95. The maximum absolute atomic E-state index is 2.83. The molecule has 1 unspecified atom stereocenters. The van der Waals surface area contributed by atoms with E-state index in [-0.39, 0.29) is 0 Å². The summed E-state index contributed by atoms with van der Waals surface area (Å²) in [6.07, 6.45) is 24.7. The normalized spacial score (nSPS) is 10.5. The zero-order chi connectivity index (χ0) is 22.2. The molecule has 0 aliphatic rings. The second kappa shape index (κ2) is 22.1. The summed E-state index contributed by atoms with van der Waals surface area (Å²) in [5, 5.41) is 0. The third kappa shape index (κ3) is 17.1. The van der Waals surface area contributed by atoms with Gasteiger partial charge in [0, 0.05) is 0 Å². The first-order valence-corrected chi connectivity index (χ1v) is 14.0. The van der Waals surface area contributed by atoms with Gasteiger partial charge < -0.3 is 0 Å². The highest BCUT2D eigenvalue weighted by molar-refractivity contribution is 7.16. The van der Waals surface area contributed by atoms with E-state index < -0.39 is 0 Å². The van der Waals surface area contributed by atoms with E-state index in [0.29, 0.717) is 0 Å². The molecule has 0 radical (unpaired) electrons. The molecule has 0 amide bonds. The summed E-state index contributed by atoms with van der Waals surface area (Å²) in [7, 11) is 2.83. The molecule has 0 nitrogen and oxygen atoms in total. The van der Waals surface area contributed by atoms with Gasteiger partial charge >= 0.3 is 0 Å².